The number of fused-ring (bicyclic) bond motifs is 1. The molecule has 1 aliphatic rings. The van der Waals surface area contributed by atoms with E-state index in [0.29, 0.717) is 33.3 Å². The summed E-state index contributed by atoms with van der Waals surface area (Å²) in [5.41, 5.74) is 0.684. The standard InChI is InChI=1S/C22H20F5N7/c23-20(24)34-11-13(7-31-34)12-3-4-15-16(9-29-18(15)6-12)19-17(22(25,26)27)10-30-21(33-19)32-14-2-1-5-28-8-14/h3-4,6-7,9-11,14,20,28-29H,1-2,5,8H2,(H,30,32,33)/t14-/m0/s1. The molecule has 0 radical (unpaired) electrons. The van der Waals surface area contributed by atoms with Gasteiger partial charge >= 0.3 is 12.7 Å². The predicted octanol–water partition coefficient (Wildman–Crippen LogP) is 5.07. The van der Waals surface area contributed by atoms with Crippen LogP contribution in [0, 0.1) is 0 Å². The highest BCUT2D eigenvalue weighted by atomic mass is 19.4. The van der Waals surface area contributed by atoms with E-state index in [0.717, 1.165) is 25.6 Å². The van der Waals surface area contributed by atoms with Gasteiger partial charge in [0.15, 0.2) is 0 Å². The number of nitrogens with one attached hydrogen (secondary N) is 3. The van der Waals surface area contributed by atoms with Gasteiger partial charge in [0.1, 0.15) is 5.56 Å². The van der Waals surface area contributed by atoms with Gasteiger partial charge in [-0.15, -0.1) is 0 Å². The number of rotatable bonds is 5. The number of benzene rings is 1. The molecular weight excluding hydrogens is 457 g/mol. The number of aromatic nitrogens is 5. The van der Waals surface area contributed by atoms with E-state index in [9.17, 15) is 22.0 Å². The number of anilines is 1. The van der Waals surface area contributed by atoms with E-state index in [-0.39, 0.29) is 23.2 Å². The van der Waals surface area contributed by atoms with Crippen LogP contribution in [0.4, 0.5) is 27.9 Å². The van der Waals surface area contributed by atoms with Gasteiger partial charge in [-0.1, -0.05) is 12.1 Å². The first-order valence-electron chi connectivity index (χ1n) is 10.7. The summed E-state index contributed by atoms with van der Waals surface area (Å²) in [7, 11) is 0. The fraction of sp³-hybridized carbons (Fsp3) is 0.318. The lowest BCUT2D eigenvalue weighted by atomic mass is 10.0. The number of nitrogens with zero attached hydrogens (tertiary/aromatic N) is 4. The second-order valence-corrected chi connectivity index (χ2v) is 8.09. The molecule has 5 rings (SSSR count). The van der Waals surface area contributed by atoms with Gasteiger partial charge in [0, 0.05) is 53.2 Å². The quantitative estimate of drug-likeness (QED) is 0.350. The molecule has 0 aliphatic carbocycles. The Balaban J connectivity index is 1.53. The summed E-state index contributed by atoms with van der Waals surface area (Å²) in [5.74, 6) is 0.127. The van der Waals surface area contributed by atoms with Crippen molar-refractivity contribution in [1.82, 2.24) is 30.0 Å². The first kappa shape index (κ1) is 22.3. The third-order valence-electron chi connectivity index (χ3n) is 5.80. The van der Waals surface area contributed by atoms with E-state index in [4.69, 9.17) is 0 Å². The molecule has 1 aliphatic heterocycles. The largest absolute Gasteiger partial charge is 0.419 e. The molecule has 1 saturated heterocycles. The van der Waals surface area contributed by atoms with Crippen LogP contribution in [0.3, 0.4) is 0 Å². The van der Waals surface area contributed by atoms with Gasteiger partial charge in [-0.3, -0.25) is 0 Å². The van der Waals surface area contributed by atoms with Crippen LogP contribution >= 0.6 is 0 Å². The highest BCUT2D eigenvalue weighted by molar-refractivity contribution is 5.97. The van der Waals surface area contributed by atoms with E-state index in [1.807, 2.05) is 0 Å². The van der Waals surface area contributed by atoms with E-state index < -0.39 is 18.3 Å². The molecule has 0 amide bonds. The predicted molar refractivity (Wildman–Crippen MR) is 116 cm³/mol. The molecular formula is C22H20F5N7. The zero-order chi connectivity index (χ0) is 23.9. The lowest BCUT2D eigenvalue weighted by Gasteiger charge is -2.24. The van der Waals surface area contributed by atoms with E-state index in [2.05, 4.69) is 30.7 Å². The Morgan fingerprint density at radius 3 is 2.71 bits per heavy atom. The molecule has 4 aromatic rings. The van der Waals surface area contributed by atoms with Crippen molar-refractivity contribution < 1.29 is 22.0 Å². The van der Waals surface area contributed by atoms with Crippen molar-refractivity contribution in [2.75, 3.05) is 18.4 Å². The summed E-state index contributed by atoms with van der Waals surface area (Å²) < 4.78 is 67.6. The maximum Gasteiger partial charge on any atom is 0.419 e. The first-order valence-corrected chi connectivity index (χ1v) is 10.7. The van der Waals surface area contributed by atoms with Crippen LogP contribution in [0.1, 0.15) is 25.0 Å². The van der Waals surface area contributed by atoms with Crippen molar-refractivity contribution in [3.05, 3.63) is 48.5 Å². The topological polar surface area (TPSA) is 83.5 Å². The van der Waals surface area contributed by atoms with Crippen LogP contribution < -0.4 is 10.6 Å². The number of alkyl halides is 5. The van der Waals surface area contributed by atoms with Gasteiger partial charge in [0.25, 0.3) is 0 Å². The number of piperidine rings is 1. The van der Waals surface area contributed by atoms with E-state index >= 15 is 0 Å². The minimum atomic E-state index is -4.65. The molecule has 1 aromatic carbocycles. The average Bonchev–Trinajstić information content (AvgIpc) is 3.46. The van der Waals surface area contributed by atoms with Crippen LogP contribution in [0.15, 0.2) is 43.0 Å². The summed E-state index contributed by atoms with van der Waals surface area (Å²) in [5, 5.41) is 10.5. The van der Waals surface area contributed by atoms with E-state index in [1.54, 1.807) is 18.2 Å². The molecule has 1 atom stereocenters. The molecule has 3 N–H and O–H groups in total. The van der Waals surface area contributed by atoms with Crippen molar-refractivity contribution in [2.24, 2.45) is 0 Å². The van der Waals surface area contributed by atoms with Crippen LogP contribution in [0.25, 0.3) is 33.3 Å². The van der Waals surface area contributed by atoms with Gasteiger partial charge in [0.05, 0.1) is 11.9 Å². The minimum absolute atomic E-state index is 0.0259. The molecule has 0 spiro atoms. The Morgan fingerprint density at radius 1 is 1.15 bits per heavy atom. The second-order valence-electron chi connectivity index (χ2n) is 8.09. The van der Waals surface area contributed by atoms with E-state index in [1.165, 1.54) is 18.6 Å². The zero-order valence-corrected chi connectivity index (χ0v) is 17.7. The normalized spacial score (nSPS) is 16.9. The number of H-pyrrole nitrogens is 1. The molecule has 34 heavy (non-hydrogen) atoms. The third-order valence-corrected chi connectivity index (χ3v) is 5.80. The summed E-state index contributed by atoms with van der Waals surface area (Å²) in [6.07, 6.45) is 1.94. The molecule has 4 heterocycles. The molecule has 178 valence electrons. The molecule has 7 nitrogen and oxygen atoms in total. The Bertz CT molecular complexity index is 1300. The van der Waals surface area contributed by atoms with Crippen LogP contribution in [0.2, 0.25) is 0 Å². The van der Waals surface area contributed by atoms with Crippen molar-refractivity contribution >= 4 is 16.9 Å². The van der Waals surface area contributed by atoms with Gasteiger partial charge in [-0.2, -0.15) is 27.1 Å². The Hall–Kier alpha value is -3.54. The maximum absolute atomic E-state index is 13.8. The SMILES string of the molecule is FC(F)n1cc(-c2ccc3c(-c4nc(N[C@H]5CCCNC5)ncc4C(F)(F)F)c[nH]c3c2)cn1. The van der Waals surface area contributed by atoms with Crippen molar-refractivity contribution in [1.29, 1.82) is 0 Å². The smallest absolute Gasteiger partial charge is 0.360 e. The summed E-state index contributed by atoms with van der Waals surface area (Å²) >= 11 is 0. The van der Waals surface area contributed by atoms with Crippen molar-refractivity contribution in [2.45, 2.75) is 31.6 Å². The lowest BCUT2D eigenvalue weighted by Crippen LogP contribution is -2.38. The molecule has 12 heteroatoms. The summed E-state index contributed by atoms with van der Waals surface area (Å²) in [4.78, 5) is 11.1. The van der Waals surface area contributed by atoms with Crippen LogP contribution in [0.5, 0.6) is 0 Å². The average molecular weight is 477 g/mol. The first-order chi connectivity index (χ1) is 16.3. The fourth-order valence-electron chi connectivity index (χ4n) is 4.12. The molecule has 3 aromatic heterocycles. The Kier molecular flexibility index (Phi) is 5.68. The lowest BCUT2D eigenvalue weighted by molar-refractivity contribution is -0.137. The molecule has 0 saturated carbocycles. The molecule has 0 unspecified atom stereocenters. The fourth-order valence-corrected chi connectivity index (χ4v) is 4.12. The highest BCUT2D eigenvalue weighted by Gasteiger charge is 2.36. The van der Waals surface area contributed by atoms with Crippen molar-refractivity contribution in [3.63, 3.8) is 0 Å². The monoisotopic (exact) mass is 477 g/mol. The van der Waals surface area contributed by atoms with Gasteiger partial charge < -0.3 is 15.6 Å². The number of aromatic amines is 1. The Morgan fingerprint density at radius 2 is 2.00 bits per heavy atom. The Labute approximate surface area is 190 Å². The number of hydrogen-bond donors (Lipinski definition) is 3. The van der Waals surface area contributed by atoms with Crippen molar-refractivity contribution in [3.8, 4) is 22.4 Å². The zero-order valence-electron chi connectivity index (χ0n) is 17.7. The summed E-state index contributed by atoms with van der Waals surface area (Å²) in [6, 6.07) is 4.98. The maximum atomic E-state index is 13.8. The molecule has 1 fully saturated rings. The van der Waals surface area contributed by atoms with Crippen LogP contribution in [-0.2, 0) is 6.18 Å². The third kappa shape index (κ3) is 4.32. The number of hydrogen-bond acceptors (Lipinski definition) is 5. The van der Waals surface area contributed by atoms with Crippen LogP contribution in [-0.4, -0.2) is 43.9 Å². The minimum Gasteiger partial charge on any atom is -0.360 e. The number of halogens is 5. The van der Waals surface area contributed by atoms with Gasteiger partial charge in [-0.25, -0.2) is 14.6 Å². The van der Waals surface area contributed by atoms with Gasteiger partial charge in [0.2, 0.25) is 5.95 Å². The van der Waals surface area contributed by atoms with Gasteiger partial charge in [-0.05, 0) is 31.0 Å². The second kappa shape index (κ2) is 8.67. The summed E-state index contributed by atoms with van der Waals surface area (Å²) in [6.45, 7) is -1.18. The highest BCUT2D eigenvalue weighted by Crippen LogP contribution is 2.39. The molecule has 0 bridgehead atoms.